The molecule has 8 heteroatoms. The molecule has 0 bridgehead atoms. The summed E-state index contributed by atoms with van der Waals surface area (Å²) in [5, 5.41) is 7.21. The third kappa shape index (κ3) is 3.45. The van der Waals surface area contributed by atoms with Gasteiger partial charge in [0.2, 0.25) is 0 Å². The first-order chi connectivity index (χ1) is 9.83. The molecule has 0 saturated carbocycles. The molecular formula is C13H20N4O3S. The first-order valence-electron chi connectivity index (χ1n) is 6.66. The SMILES string of the molecule is CCNCc1cc(S(=O)(=O)Nc2cn(C)nc2C)c(C)o1. The molecule has 0 aliphatic heterocycles. The predicted octanol–water partition coefficient (Wildman–Crippen LogP) is 1.54. The van der Waals surface area contributed by atoms with Gasteiger partial charge in [0, 0.05) is 19.3 Å². The summed E-state index contributed by atoms with van der Waals surface area (Å²) in [7, 11) is -1.94. The molecular weight excluding hydrogens is 292 g/mol. The van der Waals surface area contributed by atoms with E-state index in [0.29, 0.717) is 29.4 Å². The van der Waals surface area contributed by atoms with Gasteiger partial charge in [-0.15, -0.1) is 0 Å². The molecule has 2 aromatic rings. The average Bonchev–Trinajstić information content (AvgIpc) is 2.90. The summed E-state index contributed by atoms with van der Waals surface area (Å²) in [5.74, 6) is 0.967. The number of rotatable bonds is 6. The Kier molecular flexibility index (Phi) is 4.38. The van der Waals surface area contributed by atoms with E-state index in [1.165, 1.54) is 0 Å². The minimum atomic E-state index is -3.68. The minimum absolute atomic E-state index is 0.152. The molecule has 2 heterocycles. The molecule has 2 aromatic heterocycles. The molecule has 116 valence electrons. The molecule has 0 aliphatic rings. The van der Waals surface area contributed by atoms with E-state index in [0.717, 1.165) is 6.54 Å². The lowest BCUT2D eigenvalue weighted by Gasteiger charge is -2.05. The molecule has 0 atom stereocenters. The standard InChI is InChI=1S/C13H20N4O3S/c1-5-14-7-11-6-13(10(3)20-11)21(18,19)16-12-8-17(4)15-9(12)2/h6,8,14,16H,5,7H2,1-4H3. The third-order valence-corrected chi connectivity index (χ3v) is 4.49. The molecule has 0 radical (unpaired) electrons. The van der Waals surface area contributed by atoms with Crippen LogP contribution in [0, 0.1) is 13.8 Å². The van der Waals surface area contributed by atoms with Crippen molar-refractivity contribution >= 4 is 15.7 Å². The summed E-state index contributed by atoms with van der Waals surface area (Å²) < 4.78 is 34.5. The van der Waals surface area contributed by atoms with Gasteiger partial charge in [0.05, 0.1) is 17.9 Å². The zero-order valence-corrected chi connectivity index (χ0v) is 13.4. The lowest BCUT2D eigenvalue weighted by Crippen LogP contribution is -2.14. The number of hydrogen-bond donors (Lipinski definition) is 2. The van der Waals surface area contributed by atoms with Crippen molar-refractivity contribution in [3.8, 4) is 0 Å². The number of nitrogens with zero attached hydrogens (tertiary/aromatic N) is 2. The van der Waals surface area contributed by atoms with Crippen LogP contribution in [0.3, 0.4) is 0 Å². The van der Waals surface area contributed by atoms with Gasteiger partial charge in [0.25, 0.3) is 10.0 Å². The Morgan fingerprint density at radius 3 is 2.67 bits per heavy atom. The Bertz CT molecular complexity index is 731. The number of furan rings is 1. The van der Waals surface area contributed by atoms with E-state index in [9.17, 15) is 8.42 Å². The molecule has 0 fully saturated rings. The van der Waals surface area contributed by atoms with Crippen LogP contribution in [-0.4, -0.2) is 24.7 Å². The lowest BCUT2D eigenvalue weighted by molar-refractivity contribution is 0.460. The fourth-order valence-electron chi connectivity index (χ4n) is 2.03. The van der Waals surface area contributed by atoms with Crippen molar-refractivity contribution in [3.63, 3.8) is 0 Å². The van der Waals surface area contributed by atoms with Gasteiger partial charge < -0.3 is 9.73 Å². The Morgan fingerprint density at radius 1 is 1.38 bits per heavy atom. The van der Waals surface area contributed by atoms with E-state index in [1.54, 1.807) is 37.8 Å². The van der Waals surface area contributed by atoms with E-state index in [2.05, 4.69) is 15.1 Å². The van der Waals surface area contributed by atoms with Crippen molar-refractivity contribution in [2.75, 3.05) is 11.3 Å². The topological polar surface area (TPSA) is 89.2 Å². The van der Waals surface area contributed by atoms with Crippen molar-refractivity contribution in [2.45, 2.75) is 32.2 Å². The van der Waals surface area contributed by atoms with Crippen LogP contribution in [0.2, 0.25) is 0 Å². The number of anilines is 1. The van der Waals surface area contributed by atoms with Gasteiger partial charge >= 0.3 is 0 Å². The normalized spacial score (nSPS) is 11.8. The molecule has 2 N–H and O–H groups in total. The van der Waals surface area contributed by atoms with Crippen molar-refractivity contribution in [2.24, 2.45) is 7.05 Å². The van der Waals surface area contributed by atoms with Crippen LogP contribution in [0.4, 0.5) is 5.69 Å². The zero-order valence-electron chi connectivity index (χ0n) is 12.6. The molecule has 0 unspecified atom stereocenters. The monoisotopic (exact) mass is 312 g/mol. The van der Waals surface area contributed by atoms with Crippen molar-refractivity contribution in [1.82, 2.24) is 15.1 Å². The van der Waals surface area contributed by atoms with Gasteiger partial charge in [-0.25, -0.2) is 8.42 Å². The van der Waals surface area contributed by atoms with Crippen LogP contribution in [-0.2, 0) is 23.6 Å². The highest BCUT2D eigenvalue weighted by Gasteiger charge is 2.22. The van der Waals surface area contributed by atoms with E-state index in [1.807, 2.05) is 6.92 Å². The van der Waals surface area contributed by atoms with Gasteiger partial charge in [-0.3, -0.25) is 9.40 Å². The Morgan fingerprint density at radius 2 is 2.10 bits per heavy atom. The number of nitrogens with one attached hydrogen (secondary N) is 2. The number of aryl methyl sites for hydroxylation is 3. The molecule has 2 rings (SSSR count). The average molecular weight is 312 g/mol. The van der Waals surface area contributed by atoms with Crippen LogP contribution in [0.5, 0.6) is 0 Å². The summed E-state index contributed by atoms with van der Waals surface area (Å²) >= 11 is 0. The van der Waals surface area contributed by atoms with Crippen LogP contribution in [0.25, 0.3) is 0 Å². The fourth-order valence-corrected chi connectivity index (χ4v) is 3.33. The van der Waals surface area contributed by atoms with Gasteiger partial charge in [-0.05, 0) is 20.4 Å². The van der Waals surface area contributed by atoms with Crippen LogP contribution >= 0.6 is 0 Å². The van der Waals surface area contributed by atoms with E-state index in [-0.39, 0.29) is 4.90 Å². The maximum Gasteiger partial charge on any atom is 0.265 e. The second-order valence-corrected chi connectivity index (χ2v) is 6.47. The van der Waals surface area contributed by atoms with Crippen molar-refractivity contribution < 1.29 is 12.8 Å². The maximum absolute atomic E-state index is 12.4. The van der Waals surface area contributed by atoms with Gasteiger partial charge in [-0.1, -0.05) is 6.92 Å². The summed E-state index contributed by atoms with van der Waals surface area (Å²) in [5.41, 5.74) is 1.08. The first kappa shape index (κ1) is 15.6. The highest BCUT2D eigenvalue weighted by Crippen LogP contribution is 2.23. The summed E-state index contributed by atoms with van der Waals surface area (Å²) in [6.45, 7) is 6.64. The quantitative estimate of drug-likeness (QED) is 0.844. The van der Waals surface area contributed by atoms with Crippen LogP contribution in [0.15, 0.2) is 21.6 Å². The molecule has 0 spiro atoms. The van der Waals surface area contributed by atoms with Crippen LogP contribution in [0.1, 0.15) is 24.1 Å². The molecule has 0 saturated heterocycles. The van der Waals surface area contributed by atoms with E-state index < -0.39 is 10.0 Å². The summed E-state index contributed by atoms with van der Waals surface area (Å²) in [4.78, 5) is 0.152. The second-order valence-electron chi connectivity index (χ2n) is 4.82. The molecule has 0 amide bonds. The lowest BCUT2D eigenvalue weighted by atomic mass is 10.4. The van der Waals surface area contributed by atoms with E-state index >= 15 is 0 Å². The van der Waals surface area contributed by atoms with Crippen LogP contribution < -0.4 is 10.0 Å². The third-order valence-electron chi connectivity index (χ3n) is 3.02. The predicted molar refractivity (Wildman–Crippen MR) is 79.6 cm³/mol. The Balaban J connectivity index is 2.27. The van der Waals surface area contributed by atoms with Crippen molar-refractivity contribution in [3.05, 3.63) is 29.5 Å². The molecule has 0 aromatic carbocycles. The Hall–Kier alpha value is -1.80. The maximum atomic E-state index is 12.4. The second kappa shape index (κ2) is 5.90. The van der Waals surface area contributed by atoms with Gasteiger partial charge in [-0.2, -0.15) is 5.10 Å². The fraction of sp³-hybridized carbons (Fsp3) is 0.462. The van der Waals surface area contributed by atoms with Gasteiger partial charge in [0.15, 0.2) is 0 Å². The highest BCUT2D eigenvalue weighted by atomic mass is 32.2. The van der Waals surface area contributed by atoms with Gasteiger partial charge in [0.1, 0.15) is 16.4 Å². The molecule has 21 heavy (non-hydrogen) atoms. The summed E-state index contributed by atoms with van der Waals surface area (Å²) in [6.07, 6.45) is 1.63. The largest absolute Gasteiger partial charge is 0.464 e. The first-order valence-corrected chi connectivity index (χ1v) is 8.15. The van der Waals surface area contributed by atoms with Crippen molar-refractivity contribution in [1.29, 1.82) is 0 Å². The number of hydrogen-bond acceptors (Lipinski definition) is 5. The smallest absolute Gasteiger partial charge is 0.265 e. The molecule has 7 nitrogen and oxygen atoms in total. The minimum Gasteiger partial charge on any atom is -0.464 e. The number of aromatic nitrogens is 2. The summed E-state index contributed by atoms with van der Waals surface area (Å²) in [6, 6.07) is 1.55. The van der Waals surface area contributed by atoms with E-state index in [4.69, 9.17) is 4.42 Å². The highest BCUT2D eigenvalue weighted by molar-refractivity contribution is 7.92. The number of sulfonamides is 1. The molecule has 0 aliphatic carbocycles. The zero-order chi connectivity index (χ0) is 15.6. The Labute approximate surface area is 124 Å².